The number of carbonyl (C=O) groups is 1. The molecular weight excluding hydrogens is 270 g/mol. The predicted molar refractivity (Wildman–Crippen MR) is 67.7 cm³/mol. The first-order chi connectivity index (χ1) is 9.02. The van der Waals surface area contributed by atoms with E-state index in [4.69, 9.17) is 16.9 Å². The van der Waals surface area contributed by atoms with Crippen molar-refractivity contribution in [2.75, 3.05) is 0 Å². The van der Waals surface area contributed by atoms with Crippen LogP contribution in [0, 0.1) is 27.4 Å². The van der Waals surface area contributed by atoms with Crippen LogP contribution < -0.4 is 5.32 Å². The molecule has 0 bridgehead atoms. The zero-order valence-corrected chi connectivity index (χ0v) is 10.6. The van der Waals surface area contributed by atoms with Gasteiger partial charge in [0.05, 0.1) is 11.0 Å². The number of nitrogens with zero attached hydrogens (tertiary/aromatic N) is 2. The van der Waals surface area contributed by atoms with Crippen LogP contribution in [0.4, 0.5) is 5.69 Å². The second kappa shape index (κ2) is 5.24. The monoisotopic (exact) mass is 279 g/mol. The van der Waals surface area contributed by atoms with E-state index in [-0.39, 0.29) is 22.2 Å². The number of benzene rings is 1. The third-order valence-electron chi connectivity index (χ3n) is 2.92. The van der Waals surface area contributed by atoms with Gasteiger partial charge in [0, 0.05) is 11.1 Å². The summed E-state index contributed by atoms with van der Waals surface area (Å²) in [5.41, 5.74) is -0.451. The minimum absolute atomic E-state index is 0.126. The maximum absolute atomic E-state index is 12.0. The molecule has 0 saturated heterocycles. The van der Waals surface area contributed by atoms with Crippen molar-refractivity contribution in [3.8, 4) is 6.07 Å². The molecule has 1 fully saturated rings. The Morgan fingerprint density at radius 3 is 2.79 bits per heavy atom. The Morgan fingerprint density at radius 2 is 2.26 bits per heavy atom. The standard InChI is InChI=1S/C12H10ClN3O3/c13-8-3-4-11(16(18)19)9(5-8)12(17)15-10(6-14)7-1-2-7/h3-5,7,10H,1-2H2,(H,15,17). The number of amides is 1. The van der Waals surface area contributed by atoms with Gasteiger partial charge in [0.25, 0.3) is 11.6 Å². The molecule has 1 N–H and O–H groups in total. The Kier molecular flexibility index (Phi) is 3.67. The first-order valence-corrected chi connectivity index (χ1v) is 6.05. The number of halogens is 1. The average Bonchev–Trinajstić information content (AvgIpc) is 3.19. The van der Waals surface area contributed by atoms with Gasteiger partial charge in [-0.05, 0) is 30.9 Å². The van der Waals surface area contributed by atoms with Crippen LogP contribution in [0.5, 0.6) is 0 Å². The summed E-state index contributed by atoms with van der Waals surface area (Å²) in [4.78, 5) is 22.2. The van der Waals surface area contributed by atoms with Gasteiger partial charge in [-0.15, -0.1) is 0 Å². The lowest BCUT2D eigenvalue weighted by atomic mass is 10.1. The highest BCUT2D eigenvalue weighted by molar-refractivity contribution is 6.31. The highest BCUT2D eigenvalue weighted by Gasteiger charge is 2.33. The summed E-state index contributed by atoms with van der Waals surface area (Å²) in [7, 11) is 0. The zero-order chi connectivity index (χ0) is 14.0. The zero-order valence-electron chi connectivity index (χ0n) is 9.80. The van der Waals surface area contributed by atoms with Gasteiger partial charge in [0.2, 0.25) is 0 Å². The fourth-order valence-corrected chi connectivity index (χ4v) is 1.93. The van der Waals surface area contributed by atoms with Gasteiger partial charge >= 0.3 is 0 Å². The lowest BCUT2D eigenvalue weighted by molar-refractivity contribution is -0.385. The topological polar surface area (TPSA) is 96.0 Å². The van der Waals surface area contributed by atoms with Gasteiger partial charge in [-0.25, -0.2) is 0 Å². The van der Waals surface area contributed by atoms with Gasteiger partial charge in [-0.1, -0.05) is 11.6 Å². The van der Waals surface area contributed by atoms with Crippen molar-refractivity contribution in [1.82, 2.24) is 5.32 Å². The summed E-state index contributed by atoms with van der Waals surface area (Å²) in [6.07, 6.45) is 1.77. The van der Waals surface area contributed by atoms with Crippen molar-refractivity contribution in [2.24, 2.45) is 5.92 Å². The smallest absolute Gasteiger partial charge is 0.282 e. The van der Waals surface area contributed by atoms with E-state index in [2.05, 4.69) is 5.32 Å². The van der Waals surface area contributed by atoms with Crippen LogP contribution in [0.3, 0.4) is 0 Å². The van der Waals surface area contributed by atoms with E-state index in [1.165, 1.54) is 18.2 Å². The number of nitro groups is 1. The van der Waals surface area contributed by atoms with Crippen molar-refractivity contribution in [2.45, 2.75) is 18.9 Å². The molecule has 7 heteroatoms. The minimum Gasteiger partial charge on any atom is -0.336 e. The highest BCUT2D eigenvalue weighted by Crippen LogP contribution is 2.32. The van der Waals surface area contributed by atoms with E-state index in [0.29, 0.717) is 0 Å². The number of nitriles is 1. The highest BCUT2D eigenvalue weighted by atomic mass is 35.5. The van der Waals surface area contributed by atoms with E-state index in [1.807, 2.05) is 6.07 Å². The van der Waals surface area contributed by atoms with Gasteiger partial charge in [0.15, 0.2) is 0 Å². The lowest BCUT2D eigenvalue weighted by Crippen LogP contribution is -2.35. The first kappa shape index (κ1) is 13.3. The molecule has 1 aromatic rings. The van der Waals surface area contributed by atoms with Crippen molar-refractivity contribution in [3.05, 3.63) is 38.9 Å². The lowest BCUT2D eigenvalue weighted by Gasteiger charge is -2.10. The summed E-state index contributed by atoms with van der Waals surface area (Å²) >= 11 is 5.74. The van der Waals surface area contributed by atoms with Crippen LogP contribution in [0.25, 0.3) is 0 Å². The summed E-state index contributed by atoms with van der Waals surface area (Å²) in [6, 6.07) is 5.14. The Hall–Kier alpha value is -2.13. The summed E-state index contributed by atoms with van der Waals surface area (Å²) < 4.78 is 0. The van der Waals surface area contributed by atoms with Crippen LogP contribution in [-0.4, -0.2) is 16.9 Å². The molecule has 19 heavy (non-hydrogen) atoms. The van der Waals surface area contributed by atoms with Crippen LogP contribution in [0.2, 0.25) is 5.02 Å². The van der Waals surface area contributed by atoms with Crippen molar-refractivity contribution in [3.63, 3.8) is 0 Å². The summed E-state index contributed by atoms with van der Waals surface area (Å²) in [6.45, 7) is 0. The molecule has 98 valence electrons. The molecule has 1 aliphatic carbocycles. The Bertz CT molecular complexity index is 578. The van der Waals surface area contributed by atoms with E-state index >= 15 is 0 Å². The van der Waals surface area contributed by atoms with Crippen LogP contribution in [0.15, 0.2) is 18.2 Å². The van der Waals surface area contributed by atoms with Crippen molar-refractivity contribution < 1.29 is 9.72 Å². The minimum atomic E-state index is -0.649. The molecular formula is C12H10ClN3O3. The van der Waals surface area contributed by atoms with Gasteiger partial charge in [-0.3, -0.25) is 14.9 Å². The first-order valence-electron chi connectivity index (χ1n) is 5.67. The largest absolute Gasteiger partial charge is 0.336 e. The normalized spacial score (nSPS) is 15.4. The molecule has 0 aliphatic heterocycles. The molecule has 1 aliphatic rings. The van der Waals surface area contributed by atoms with Crippen LogP contribution in [0.1, 0.15) is 23.2 Å². The summed E-state index contributed by atoms with van der Waals surface area (Å²) in [5, 5.41) is 22.5. The molecule has 1 unspecified atom stereocenters. The van der Waals surface area contributed by atoms with Crippen LogP contribution >= 0.6 is 11.6 Å². The fourth-order valence-electron chi connectivity index (χ4n) is 1.75. The SMILES string of the molecule is N#CC(NC(=O)c1cc(Cl)ccc1[N+](=O)[O-])C1CC1. The molecule has 1 aromatic carbocycles. The molecule has 6 nitrogen and oxygen atoms in total. The molecule has 1 amide bonds. The van der Waals surface area contributed by atoms with Crippen molar-refractivity contribution in [1.29, 1.82) is 5.26 Å². The molecule has 0 heterocycles. The maximum atomic E-state index is 12.0. The number of hydrogen-bond acceptors (Lipinski definition) is 4. The van der Waals surface area contributed by atoms with Crippen LogP contribution in [-0.2, 0) is 0 Å². The number of nitro benzene ring substituents is 1. The molecule has 2 rings (SSSR count). The second-order valence-corrected chi connectivity index (χ2v) is 4.77. The van der Waals surface area contributed by atoms with E-state index in [0.717, 1.165) is 12.8 Å². The molecule has 0 aromatic heterocycles. The van der Waals surface area contributed by atoms with Gasteiger partial charge in [-0.2, -0.15) is 5.26 Å². The van der Waals surface area contributed by atoms with Crippen molar-refractivity contribution >= 4 is 23.2 Å². The number of carbonyl (C=O) groups excluding carboxylic acids is 1. The summed E-state index contributed by atoms with van der Waals surface area (Å²) in [5.74, 6) is -0.500. The molecule has 1 saturated carbocycles. The Balaban J connectivity index is 2.25. The quantitative estimate of drug-likeness (QED) is 0.675. The molecule has 1 atom stereocenters. The Labute approximate surface area is 114 Å². The number of rotatable bonds is 4. The number of nitrogens with one attached hydrogen (secondary N) is 1. The third kappa shape index (κ3) is 3.01. The molecule has 0 spiro atoms. The van der Waals surface area contributed by atoms with E-state index < -0.39 is 16.9 Å². The number of hydrogen-bond donors (Lipinski definition) is 1. The average molecular weight is 280 g/mol. The van der Waals surface area contributed by atoms with Gasteiger partial charge < -0.3 is 5.32 Å². The Morgan fingerprint density at radius 1 is 1.58 bits per heavy atom. The van der Waals surface area contributed by atoms with E-state index in [9.17, 15) is 14.9 Å². The maximum Gasteiger partial charge on any atom is 0.282 e. The fraction of sp³-hybridized carbons (Fsp3) is 0.333. The van der Waals surface area contributed by atoms with Gasteiger partial charge in [0.1, 0.15) is 11.6 Å². The molecule has 0 radical (unpaired) electrons. The van der Waals surface area contributed by atoms with E-state index in [1.54, 1.807) is 0 Å². The third-order valence-corrected chi connectivity index (χ3v) is 3.15. The second-order valence-electron chi connectivity index (χ2n) is 4.34. The predicted octanol–water partition coefficient (Wildman–Crippen LogP) is 2.28.